The quantitative estimate of drug-likeness (QED) is 0.167. The summed E-state index contributed by atoms with van der Waals surface area (Å²) in [6, 6.07) is 72.3. The third-order valence-electron chi connectivity index (χ3n) is 11.1. The molecule has 0 spiro atoms. The molecule has 10 aromatic rings. The summed E-state index contributed by atoms with van der Waals surface area (Å²) >= 11 is 1.93. The van der Waals surface area contributed by atoms with Crippen LogP contribution in [0.15, 0.2) is 204 Å². The summed E-state index contributed by atoms with van der Waals surface area (Å²) in [7, 11) is -2.69. The molecule has 0 N–H and O–H groups in total. The van der Waals surface area contributed by atoms with Crippen molar-refractivity contribution in [2.75, 3.05) is 0 Å². The van der Waals surface area contributed by atoms with Crippen LogP contribution in [0, 0.1) is 0 Å². The Morgan fingerprint density at radius 2 is 0.865 bits per heavy atom. The van der Waals surface area contributed by atoms with Crippen molar-refractivity contribution in [1.82, 2.24) is 9.13 Å². The standard InChI is InChI=1S/C48H32N2SSi/c1-3-16-34(17-4-1)52(35-18-5-2-6-19-35)46-28-14-13-27-45(46)51-48-44(26-15-29-47(48)52)50-42-25-12-9-22-38(42)39-32-33(30-31-43(39)50)49-40-23-10-7-20-36(40)37-21-8-11-24-41(37)49/h1-32H. The lowest BCUT2D eigenvalue weighted by molar-refractivity contribution is 1.13. The molecular weight excluding hydrogens is 665 g/mol. The number of aromatic nitrogens is 2. The number of hydrogen-bond donors (Lipinski definition) is 0. The van der Waals surface area contributed by atoms with Crippen molar-refractivity contribution >= 4 is 84.2 Å². The fraction of sp³-hybridized carbons (Fsp3) is 0. The van der Waals surface area contributed by atoms with Gasteiger partial charge >= 0.3 is 0 Å². The van der Waals surface area contributed by atoms with E-state index in [0.717, 1.165) is 0 Å². The molecule has 0 unspecified atom stereocenters. The van der Waals surface area contributed by atoms with Crippen LogP contribution in [0.1, 0.15) is 0 Å². The second-order valence-electron chi connectivity index (χ2n) is 13.7. The zero-order valence-corrected chi connectivity index (χ0v) is 30.1. The molecule has 0 aliphatic carbocycles. The van der Waals surface area contributed by atoms with E-state index in [2.05, 4.69) is 203 Å². The van der Waals surface area contributed by atoms with Gasteiger partial charge < -0.3 is 9.13 Å². The zero-order chi connectivity index (χ0) is 34.2. The van der Waals surface area contributed by atoms with Crippen molar-refractivity contribution in [2.45, 2.75) is 9.79 Å². The molecule has 0 atom stereocenters. The first kappa shape index (κ1) is 29.6. The summed E-state index contributed by atoms with van der Waals surface area (Å²) in [6.45, 7) is 0. The van der Waals surface area contributed by atoms with Crippen molar-refractivity contribution in [3.8, 4) is 11.4 Å². The first-order chi connectivity index (χ1) is 25.8. The maximum atomic E-state index is 2.52. The first-order valence-electron chi connectivity index (χ1n) is 17.9. The number of benzene rings is 8. The maximum Gasteiger partial charge on any atom is 0.181 e. The zero-order valence-electron chi connectivity index (χ0n) is 28.3. The van der Waals surface area contributed by atoms with Crippen LogP contribution in [0.4, 0.5) is 0 Å². The predicted octanol–water partition coefficient (Wildman–Crippen LogP) is 9.72. The van der Waals surface area contributed by atoms with E-state index in [1.165, 1.54) is 85.5 Å². The predicted molar refractivity (Wildman–Crippen MR) is 223 cm³/mol. The van der Waals surface area contributed by atoms with Gasteiger partial charge in [-0.2, -0.15) is 0 Å². The van der Waals surface area contributed by atoms with Crippen LogP contribution in [0.5, 0.6) is 0 Å². The van der Waals surface area contributed by atoms with E-state index < -0.39 is 8.07 Å². The van der Waals surface area contributed by atoms with Crippen LogP contribution < -0.4 is 20.7 Å². The molecule has 0 bridgehead atoms. The summed E-state index contributed by atoms with van der Waals surface area (Å²) in [5.74, 6) is 0. The fourth-order valence-electron chi connectivity index (χ4n) is 8.95. The second-order valence-corrected chi connectivity index (χ2v) is 18.4. The van der Waals surface area contributed by atoms with E-state index in [1.807, 2.05) is 11.8 Å². The topological polar surface area (TPSA) is 9.86 Å². The van der Waals surface area contributed by atoms with Gasteiger partial charge in [-0.15, -0.1) is 0 Å². The van der Waals surface area contributed by atoms with E-state index in [4.69, 9.17) is 0 Å². The minimum Gasteiger partial charge on any atom is -0.309 e. The molecule has 244 valence electrons. The minimum atomic E-state index is -2.69. The van der Waals surface area contributed by atoms with Crippen molar-refractivity contribution in [1.29, 1.82) is 0 Å². The van der Waals surface area contributed by atoms with Gasteiger partial charge in [0, 0.05) is 37.0 Å². The van der Waals surface area contributed by atoms with Gasteiger partial charge in [0.05, 0.1) is 27.8 Å². The number of para-hydroxylation sites is 3. The lowest BCUT2D eigenvalue weighted by Crippen LogP contribution is -2.76. The third-order valence-corrected chi connectivity index (χ3v) is 17.5. The summed E-state index contributed by atoms with van der Waals surface area (Å²) in [6.07, 6.45) is 0. The number of nitrogens with zero attached hydrogens (tertiary/aromatic N) is 2. The third kappa shape index (κ3) is 4.08. The van der Waals surface area contributed by atoms with Crippen molar-refractivity contribution in [3.05, 3.63) is 194 Å². The lowest BCUT2D eigenvalue weighted by atomic mass is 10.1. The van der Waals surface area contributed by atoms with Crippen LogP contribution in [0.2, 0.25) is 0 Å². The molecule has 2 nitrogen and oxygen atoms in total. The van der Waals surface area contributed by atoms with Crippen LogP contribution >= 0.6 is 11.8 Å². The molecule has 0 radical (unpaired) electrons. The molecule has 52 heavy (non-hydrogen) atoms. The van der Waals surface area contributed by atoms with Crippen LogP contribution in [-0.2, 0) is 0 Å². The van der Waals surface area contributed by atoms with E-state index in [1.54, 1.807) is 0 Å². The van der Waals surface area contributed by atoms with Gasteiger partial charge in [-0.25, -0.2) is 0 Å². The molecule has 0 saturated heterocycles. The van der Waals surface area contributed by atoms with Gasteiger partial charge in [0.2, 0.25) is 0 Å². The number of fused-ring (bicyclic) bond motifs is 8. The summed E-state index contributed by atoms with van der Waals surface area (Å²) in [4.78, 5) is 2.69. The van der Waals surface area contributed by atoms with E-state index in [-0.39, 0.29) is 0 Å². The second kappa shape index (κ2) is 11.5. The smallest absolute Gasteiger partial charge is 0.181 e. The average Bonchev–Trinajstić information content (AvgIpc) is 3.73. The fourth-order valence-corrected chi connectivity index (χ4v) is 16.0. The highest BCUT2D eigenvalue weighted by Gasteiger charge is 2.47. The molecule has 0 saturated carbocycles. The van der Waals surface area contributed by atoms with Gasteiger partial charge in [0.25, 0.3) is 0 Å². The van der Waals surface area contributed by atoms with Gasteiger partial charge in [-0.1, -0.05) is 157 Å². The number of rotatable bonds is 4. The molecule has 0 amide bonds. The molecule has 11 rings (SSSR count). The van der Waals surface area contributed by atoms with Crippen LogP contribution in [0.3, 0.4) is 0 Å². The molecule has 0 fully saturated rings. The first-order valence-corrected chi connectivity index (χ1v) is 20.7. The van der Waals surface area contributed by atoms with Gasteiger partial charge in [-0.3, -0.25) is 0 Å². The van der Waals surface area contributed by atoms with Crippen LogP contribution in [0.25, 0.3) is 55.0 Å². The largest absolute Gasteiger partial charge is 0.309 e. The van der Waals surface area contributed by atoms with Gasteiger partial charge in [-0.05, 0) is 69.3 Å². The van der Waals surface area contributed by atoms with Crippen molar-refractivity contribution in [3.63, 3.8) is 0 Å². The molecule has 1 aliphatic heterocycles. The Bertz CT molecular complexity index is 2900. The SMILES string of the molecule is c1ccc([Si]2(c3ccccc3)c3ccccc3Sc3c(-n4c5ccccc5c5cc(-n6c7ccccc7c7ccccc76)ccc54)cccc32)cc1. The summed E-state index contributed by atoms with van der Waals surface area (Å²) in [5.41, 5.74) is 7.29. The average molecular weight is 697 g/mol. The number of hydrogen-bond acceptors (Lipinski definition) is 1. The van der Waals surface area contributed by atoms with Gasteiger partial charge in [0.15, 0.2) is 8.07 Å². The molecule has 2 aromatic heterocycles. The maximum absolute atomic E-state index is 2.69. The van der Waals surface area contributed by atoms with E-state index in [9.17, 15) is 0 Å². The monoisotopic (exact) mass is 696 g/mol. The van der Waals surface area contributed by atoms with E-state index >= 15 is 0 Å². The lowest BCUT2D eigenvalue weighted by Gasteiger charge is -2.40. The Morgan fingerprint density at radius 1 is 0.365 bits per heavy atom. The minimum absolute atomic E-state index is 1.17. The molecule has 3 heterocycles. The Labute approximate surface area is 307 Å². The highest BCUT2D eigenvalue weighted by atomic mass is 32.2. The highest BCUT2D eigenvalue weighted by molar-refractivity contribution is 8.00. The van der Waals surface area contributed by atoms with Crippen molar-refractivity contribution in [2.24, 2.45) is 0 Å². The van der Waals surface area contributed by atoms with E-state index in [0.29, 0.717) is 0 Å². The Hall–Kier alpha value is -6.07. The normalized spacial score (nSPS) is 13.5. The summed E-state index contributed by atoms with van der Waals surface area (Å²) < 4.78 is 4.95. The van der Waals surface area contributed by atoms with Crippen molar-refractivity contribution < 1.29 is 0 Å². The highest BCUT2D eigenvalue weighted by Crippen LogP contribution is 2.41. The molecule has 1 aliphatic rings. The van der Waals surface area contributed by atoms with Crippen LogP contribution in [-0.4, -0.2) is 17.2 Å². The molecular formula is C48H32N2SSi. The molecule has 8 aromatic carbocycles. The Balaban J connectivity index is 1.21. The molecule has 4 heteroatoms. The van der Waals surface area contributed by atoms with Gasteiger partial charge in [0.1, 0.15) is 0 Å². The summed E-state index contributed by atoms with van der Waals surface area (Å²) in [5, 5.41) is 10.8. The Kier molecular flexibility index (Phi) is 6.54. The Morgan fingerprint density at radius 3 is 1.52 bits per heavy atom.